The summed E-state index contributed by atoms with van der Waals surface area (Å²) in [6, 6.07) is 3.49. The Morgan fingerprint density at radius 3 is 2.53 bits per heavy atom. The molecule has 0 saturated heterocycles. The van der Waals surface area contributed by atoms with E-state index in [4.69, 9.17) is 5.11 Å². The molecule has 1 atom stereocenters. The highest BCUT2D eigenvalue weighted by Gasteiger charge is 2.30. The van der Waals surface area contributed by atoms with Crippen LogP contribution in [-0.2, 0) is 14.4 Å². The minimum Gasteiger partial charge on any atom is -0.475 e. The minimum absolute atomic E-state index is 0.429. The monoisotopic (exact) mass is 226 g/mol. The van der Waals surface area contributed by atoms with E-state index in [2.05, 4.69) is 0 Å². The third-order valence-electron chi connectivity index (χ3n) is 2.03. The fraction of sp³-hybridized carbons (Fsp3) is 0.300. The summed E-state index contributed by atoms with van der Waals surface area (Å²) in [4.78, 5) is 33.6. The predicted molar refractivity (Wildman–Crippen MR) is 55.0 cm³/mol. The number of carboxylic acid groups (broad SMARTS) is 1. The fourth-order valence-corrected chi connectivity index (χ4v) is 2.18. The first kappa shape index (κ1) is 11.6. The first-order valence-corrected chi connectivity index (χ1v) is 5.30. The molecule has 0 amide bonds. The van der Waals surface area contributed by atoms with Crippen molar-refractivity contribution in [3.63, 3.8) is 0 Å². The maximum absolute atomic E-state index is 11.5. The number of thiophene rings is 1. The molecule has 5 heteroatoms. The SMILES string of the molecule is CCC(C(=O)C(=O)C(=O)O)c1cccs1. The van der Waals surface area contributed by atoms with Gasteiger partial charge in [-0.3, -0.25) is 9.59 Å². The molecule has 0 aliphatic carbocycles. The maximum atomic E-state index is 11.5. The van der Waals surface area contributed by atoms with Crippen LogP contribution >= 0.6 is 11.3 Å². The van der Waals surface area contributed by atoms with Gasteiger partial charge in [-0.05, 0) is 17.9 Å². The lowest BCUT2D eigenvalue weighted by Crippen LogP contribution is -2.28. The molecule has 15 heavy (non-hydrogen) atoms. The molecule has 1 aromatic heterocycles. The van der Waals surface area contributed by atoms with Crippen LogP contribution in [0.1, 0.15) is 24.1 Å². The standard InChI is InChI=1S/C10H10O4S/c1-2-6(7-4-3-5-15-7)8(11)9(12)10(13)14/h3-6H,2H2,1H3,(H,13,14). The Morgan fingerprint density at radius 2 is 2.13 bits per heavy atom. The number of hydrogen-bond donors (Lipinski definition) is 1. The molecule has 0 aliphatic heterocycles. The van der Waals surface area contributed by atoms with E-state index in [1.165, 1.54) is 11.3 Å². The maximum Gasteiger partial charge on any atom is 0.380 e. The summed E-state index contributed by atoms with van der Waals surface area (Å²) in [5.41, 5.74) is 0. The molecule has 0 fully saturated rings. The molecule has 1 N–H and O–H groups in total. The molecule has 0 radical (unpaired) electrons. The highest BCUT2D eigenvalue weighted by Crippen LogP contribution is 2.25. The molecule has 1 rings (SSSR count). The first-order valence-electron chi connectivity index (χ1n) is 4.42. The van der Waals surface area contributed by atoms with Crippen LogP contribution in [0.25, 0.3) is 0 Å². The van der Waals surface area contributed by atoms with E-state index in [-0.39, 0.29) is 0 Å². The normalized spacial score (nSPS) is 12.1. The molecule has 0 aromatic carbocycles. The zero-order chi connectivity index (χ0) is 11.4. The van der Waals surface area contributed by atoms with Crippen LogP contribution in [-0.4, -0.2) is 22.6 Å². The fourth-order valence-electron chi connectivity index (χ4n) is 1.27. The summed E-state index contributed by atoms with van der Waals surface area (Å²) < 4.78 is 0. The smallest absolute Gasteiger partial charge is 0.380 e. The van der Waals surface area contributed by atoms with Gasteiger partial charge >= 0.3 is 11.8 Å². The zero-order valence-electron chi connectivity index (χ0n) is 8.10. The molecule has 0 aliphatic rings. The van der Waals surface area contributed by atoms with Crippen LogP contribution in [0.3, 0.4) is 0 Å². The van der Waals surface area contributed by atoms with Crippen molar-refractivity contribution in [3.8, 4) is 0 Å². The van der Waals surface area contributed by atoms with E-state index in [9.17, 15) is 14.4 Å². The van der Waals surface area contributed by atoms with Crippen molar-refractivity contribution in [2.24, 2.45) is 0 Å². The molecule has 1 aromatic rings. The van der Waals surface area contributed by atoms with E-state index in [1.807, 2.05) is 0 Å². The Labute approximate surface area is 90.5 Å². The van der Waals surface area contributed by atoms with Crippen molar-refractivity contribution < 1.29 is 19.5 Å². The highest BCUT2D eigenvalue weighted by atomic mass is 32.1. The Hall–Kier alpha value is -1.49. The van der Waals surface area contributed by atoms with Gasteiger partial charge < -0.3 is 5.11 Å². The second-order valence-corrected chi connectivity index (χ2v) is 3.95. The second kappa shape index (κ2) is 4.84. The van der Waals surface area contributed by atoms with Crippen LogP contribution in [0.4, 0.5) is 0 Å². The predicted octanol–water partition coefficient (Wildman–Crippen LogP) is 1.46. The number of carboxylic acids is 1. The second-order valence-electron chi connectivity index (χ2n) is 2.97. The number of Topliss-reactive ketones (excluding diaryl/α,β-unsaturated/α-hetero) is 2. The third kappa shape index (κ3) is 2.50. The van der Waals surface area contributed by atoms with Crippen molar-refractivity contribution in [3.05, 3.63) is 22.4 Å². The largest absolute Gasteiger partial charge is 0.475 e. The van der Waals surface area contributed by atoms with Crippen LogP contribution in [0, 0.1) is 0 Å². The van der Waals surface area contributed by atoms with Gasteiger partial charge in [0.1, 0.15) is 0 Å². The zero-order valence-corrected chi connectivity index (χ0v) is 8.91. The number of carbonyl (C=O) groups excluding carboxylic acids is 2. The Bertz CT molecular complexity index is 380. The van der Waals surface area contributed by atoms with Crippen molar-refractivity contribution in [2.45, 2.75) is 19.3 Å². The molecule has 1 heterocycles. The summed E-state index contributed by atoms with van der Waals surface area (Å²) in [5.74, 6) is -4.48. The average molecular weight is 226 g/mol. The van der Waals surface area contributed by atoms with Gasteiger partial charge in [0.2, 0.25) is 5.78 Å². The lowest BCUT2D eigenvalue weighted by molar-refractivity contribution is -0.153. The summed E-state index contributed by atoms with van der Waals surface area (Å²) in [6.07, 6.45) is 0.429. The van der Waals surface area contributed by atoms with Crippen LogP contribution in [0.15, 0.2) is 17.5 Å². The molecule has 0 bridgehead atoms. The first-order chi connectivity index (χ1) is 7.07. The number of aliphatic carboxylic acids is 1. The van der Waals surface area contributed by atoms with E-state index in [0.29, 0.717) is 6.42 Å². The Morgan fingerprint density at radius 1 is 1.47 bits per heavy atom. The molecule has 1 unspecified atom stereocenters. The molecule has 80 valence electrons. The Balaban J connectivity index is 2.90. The van der Waals surface area contributed by atoms with Gasteiger partial charge in [-0.2, -0.15) is 0 Å². The molecule has 0 spiro atoms. The van der Waals surface area contributed by atoms with E-state index in [1.54, 1.807) is 24.4 Å². The molecular formula is C10H10O4S. The number of carbonyl (C=O) groups is 3. The minimum atomic E-state index is -1.69. The van der Waals surface area contributed by atoms with Gasteiger partial charge in [-0.25, -0.2) is 4.79 Å². The van der Waals surface area contributed by atoms with Crippen LogP contribution in [0.2, 0.25) is 0 Å². The van der Waals surface area contributed by atoms with Gasteiger partial charge in [0.15, 0.2) is 0 Å². The topological polar surface area (TPSA) is 71.4 Å². The van der Waals surface area contributed by atoms with Crippen molar-refractivity contribution in [1.82, 2.24) is 0 Å². The van der Waals surface area contributed by atoms with E-state index in [0.717, 1.165) is 4.88 Å². The van der Waals surface area contributed by atoms with Gasteiger partial charge in [0.25, 0.3) is 0 Å². The van der Waals surface area contributed by atoms with Crippen LogP contribution in [0.5, 0.6) is 0 Å². The van der Waals surface area contributed by atoms with Crippen molar-refractivity contribution in [2.75, 3.05) is 0 Å². The third-order valence-corrected chi connectivity index (χ3v) is 3.02. The van der Waals surface area contributed by atoms with Gasteiger partial charge in [-0.15, -0.1) is 11.3 Å². The number of ketones is 2. The highest BCUT2D eigenvalue weighted by molar-refractivity contribution is 7.10. The number of rotatable bonds is 5. The Kier molecular flexibility index (Phi) is 3.74. The summed E-state index contributed by atoms with van der Waals surface area (Å²) in [7, 11) is 0. The summed E-state index contributed by atoms with van der Waals surface area (Å²) >= 11 is 1.35. The van der Waals surface area contributed by atoms with Gasteiger partial charge in [0.05, 0.1) is 5.92 Å². The average Bonchev–Trinajstić information content (AvgIpc) is 2.70. The lowest BCUT2D eigenvalue weighted by atomic mass is 9.96. The van der Waals surface area contributed by atoms with Crippen LogP contribution < -0.4 is 0 Å². The van der Waals surface area contributed by atoms with E-state index >= 15 is 0 Å². The number of hydrogen-bond acceptors (Lipinski definition) is 4. The van der Waals surface area contributed by atoms with E-state index < -0.39 is 23.5 Å². The van der Waals surface area contributed by atoms with Crippen molar-refractivity contribution in [1.29, 1.82) is 0 Å². The van der Waals surface area contributed by atoms with Crippen molar-refractivity contribution >= 4 is 28.9 Å². The summed E-state index contributed by atoms with van der Waals surface area (Å²) in [5, 5.41) is 10.2. The molecular weight excluding hydrogens is 216 g/mol. The lowest BCUT2D eigenvalue weighted by Gasteiger charge is -2.08. The molecule has 4 nitrogen and oxygen atoms in total. The van der Waals surface area contributed by atoms with Gasteiger partial charge in [0, 0.05) is 4.88 Å². The summed E-state index contributed by atoms with van der Waals surface area (Å²) in [6.45, 7) is 1.75. The molecule has 0 saturated carbocycles. The quantitative estimate of drug-likeness (QED) is 0.609. The van der Waals surface area contributed by atoms with Gasteiger partial charge in [-0.1, -0.05) is 13.0 Å².